The van der Waals surface area contributed by atoms with Gasteiger partial charge >= 0.3 is 0 Å². The maximum absolute atomic E-state index is 12.0. The minimum atomic E-state index is -0.207. The van der Waals surface area contributed by atoms with Crippen molar-refractivity contribution in [2.75, 3.05) is 11.9 Å². The van der Waals surface area contributed by atoms with E-state index < -0.39 is 0 Å². The molecule has 3 rings (SSSR count). The molecule has 0 saturated carbocycles. The maximum Gasteiger partial charge on any atom is 0.262 e. The average molecular weight is 461 g/mol. The van der Waals surface area contributed by atoms with Gasteiger partial charge in [-0.3, -0.25) is 4.79 Å². The molecule has 0 fully saturated rings. The summed E-state index contributed by atoms with van der Waals surface area (Å²) in [7, 11) is 0. The van der Waals surface area contributed by atoms with Crippen molar-refractivity contribution >= 4 is 43.5 Å². The van der Waals surface area contributed by atoms with Crippen molar-refractivity contribution in [2.24, 2.45) is 0 Å². The molecule has 25 heavy (non-hydrogen) atoms. The van der Waals surface area contributed by atoms with Crippen LogP contribution >= 0.6 is 31.9 Å². The van der Waals surface area contributed by atoms with Gasteiger partial charge in [0.1, 0.15) is 5.75 Å². The number of hydrogen-bond acceptors (Lipinski definition) is 2. The zero-order valence-electron chi connectivity index (χ0n) is 13.2. The standard InChI is InChI=1S/C20H15Br2NO2/c21-16-7-9-17(10-8-16)23-20(24)13-25-19-11-6-15(12-18(19)22)14-4-2-1-3-5-14/h1-12H,13H2,(H,23,24). The second-order valence-electron chi connectivity index (χ2n) is 5.35. The first-order valence-electron chi connectivity index (χ1n) is 7.65. The van der Waals surface area contributed by atoms with E-state index in [0.29, 0.717) is 5.75 Å². The molecule has 0 spiro atoms. The highest BCUT2D eigenvalue weighted by Crippen LogP contribution is 2.30. The van der Waals surface area contributed by atoms with Crippen LogP contribution in [0.1, 0.15) is 0 Å². The lowest BCUT2D eigenvalue weighted by molar-refractivity contribution is -0.118. The van der Waals surface area contributed by atoms with Gasteiger partial charge in [-0.05, 0) is 63.5 Å². The highest BCUT2D eigenvalue weighted by atomic mass is 79.9. The molecule has 1 N–H and O–H groups in total. The van der Waals surface area contributed by atoms with Gasteiger partial charge in [-0.1, -0.05) is 52.3 Å². The summed E-state index contributed by atoms with van der Waals surface area (Å²) in [6, 6.07) is 23.3. The molecule has 0 heterocycles. The van der Waals surface area contributed by atoms with Crippen LogP contribution in [-0.4, -0.2) is 12.5 Å². The topological polar surface area (TPSA) is 38.3 Å². The van der Waals surface area contributed by atoms with Crippen LogP contribution in [-0.2, 0) is 4.79 Å². The Balaban J connectivity index is 1.61. The first kappa shape index (κ1) is 17.7. The van der Waals surface area contributed by atoms with Gasteiger partial charge in [0.2, 0.25) is 0 Å². The van der Waals surface area contributed by atoms with Crippen LogP contribution in [0.4, 0.5) is 5.69 Å². The third-order valence-corrected chi connectivity index (χ3v) is 4.67. The molecule has 3 nitrogen and oxygen atoms in total. The molecule has 0 saturated heterocycles. The molecule has 3 aromatic rings. The van der Waals surface area contributed by atoms with Crippen molar-refractivity contribution in [3.05, 3.63) is 81.7 Å². The van der Waals surface area contributed by atoms with E-state index in [1.54, 1.807) is 0 Å². The molecule has 0 bridgehead atoms. The Labute approximate surface area is 163 Å². The Hall–Kier alpha value is -2.11. The summed E-state index contributed by atoms with van der Waals surface area (Å²) in [5.41, 5.74) is 2.94. The number of nitrogens with one attached hydrogen (secondary N) is 1. The molecule has 5 heteroatoms. The van der Waals surface area contributed by atoms with E-state index in [0.717, 1.165) is 25.8 Å². The normalized spacial score (nSPS) is 10.3. The van der Waals surface area contributed by atoms with Gasteiger partial charge in [-0.25, -0.2) is 0 Å². The Bertz CT molecular complexity index is 865. The van der Waals surface area contributed by atoms with Gasteiger partial charge in [0.05, 0.1) is 4.47 Å². The lowest BCUT2D eigenvalue weighted by Crippen LogP contribution is -2.20. The van der Waals surface area contributed by atoms with Crippen molar-refractivity contribution < 1.29 is 9.53 Å². The average Bonchev–Trinajstić information content (AvgIpc) is 2.63. The predicted molar refractivity (Wildman–Crippen MR) is 108 cm³/mol. The van der Waals surface area contributed by atoms with Gasteiger partial charge in [0, 0.05) is 10.2 Å². The number of carbonyl (C=O) groups excluding carboxylic acids is 1. The van der Waals surface area contributed by atoms with Crippen LogP contribution in [0, 0.1) is 0 Å². The van der Waals surface area contributed by atoms with E-state index in [1.807, 2.05) is 72.8 Å². The van der Waals surface area contributed by atoms with E-state index in [9.17, 15) is 4.79 Å². The monoisotopic (exact) mass is 459 g/mol. The lowest BCUT2D eigenvalue weighted by Gasteiger charge is -2.10. The molecular formula is C20H15Br2NO2. The number of amides is 1. The molecular weight excluding hydrogens is 446 g/mol. The fraction of sp³-hybridized carbons (Fsp3) is 0.0500. The lowest BCUT2D eigenvalue weighted by atomic mass is 10.1. The number of ether oxygens (including phenoxy) is 1. The van der Waals surface area contributed by atoms with Crippen LogP contribution in [0.15, 0.2) is 81.7 Å². The predicted octanol–water partition coefficient (Wildman–Crippen LogP) is 5.90. The summed E-state index contributed by atoms with van der Waals surface area (Å²) in [6.45, 7) is -0.0562. The third-order valence-electron chi connectivity index (χ3n) is 3.53. The first-order valence-corrected chi connectivity index (χ1v) is 9.23. The smallest absolute Gasteiger partial charge is 0.262 e. The summed E-state index contributed by atoms with van der Waals surface area (Å²) in [5, 5.41) is 2.80. The highest BCUT2D eigenvalue weighted by Gasteiger charge is 2.08. The number of carbonyl (C=O) groups is 1. The number of rotatable bonds is 5. The zero-order chi connectivity index (χ0) is 17.6. The molecule has 0 aromatic heterocycles. The van der Waals surface area contributed by atoms with Crippen LogP contribution in [0.5, 0.6) is 5.75 Å². The number of anilines is 1. The highest BCUT2D eigenvalue weighted by molar-refractivity contribution is 9.10. The zero-order valence-corrected chi connectivity index (χ0v) is 16.4. The molecule has 0 aliphatic rings. The third kappa shape index (κ3) is 4.94. The fourth-order valence-corrected chi connectivity index (χ4v) is 3.06. The molecule has 0 aliphatic carbocycles. The van der Waals surface area contributed by atoms with E-state index in [1.165, 1.54) is 0 Å². The van der Waals surface area contributed by atoms with Crippen LogP contribution in [0.2, 0.25) is 0 Å². The van der Waals surface area contributed by atoms with Crippen molar-refractivity contribution in [3.63, 3.8) is 0 Å². The van der Waals surface area contributed by atoms with Crippen molar-refractivity contribution in [1.82, 2.24) is 0 Å². The van der Waals surface area contributed by atoms with Gasteiger partial charge in [0.15, 0.2) is 6.61 Å². The molecule has 3 aromatic carbocycles. The Morgan fingerprint density at radius 3 is 2.28 bits per heavy atom. The van der Waals surface area contributed by atoms with E-state index in [2.05, 4.69) is 37.2 Å². The van der Waals surface area contributed by atoms with Gasteiger partial charge in [0.25, 0.3) is 5.91 Å². The van der Waals surface area contributed by atoms with Crippen LogP contribution in [0.25, 0.3) is 11.1 Å². The molecule has 0 atom stereocenters. The summed E-state index contributed by atoms with van der Waals surface area (Å²) < 4.78 is 7.39. The second-order valence-corrected chi connectivity index (χ2v) is 7.12. The Kier molecular flexibility index (Phi) is 5.89. The molecule has 1 amide bonds. The largest absolute Gasteiger partial charge is 0.483 e. The van der Waals surface area contributed by atoms with Crippen molar-refractivity contribution in [3.8, 4) is 16.9 Å². The number of benzene rings is 3. The van der Waals surface area contributed by atoms with Crippen molar-refractivity contribution in [1.29, 1.82) is 0 Å². The van der Waals surface area contributed by atoms with Gasteiger partial charge in [-0.2, -0.15) is 0 Å². The van der Waals surface area contributed by atoms with E-state index in [4.69, 9.17) is 4.74 Å². The summed E-state index contributed by atoms with van der Waals surface area (Å²) in [6.07, 6.45) is 0. The maximum atomic E-state index is 12.0. The molecule has 0 unspecified atom stereocenters. The van der Waals surface area contributed by atoms with Crippen LogP contribution < -0.4 is 10.1 Å². The van der Waals surface area contributed by atoms with Crippen molar-refractivity contribution in [2.45, 2.75) is 0 Å². The first-order chi connectivity index (χ1) is 12.1. The second kappa shape index (κ2) is 8.32. The van der Waals surface area contributed by atoms with Gasteiger partial charge in [-0.15, -0.1) is 0 Å². The number of hydrogen-bond donors (Lipinski definition) is 1. The SMILES string of the molecule is O=C(COc1ccc(-c2ccccc2)cc1Br)Nc1ccc(Br)cc1. The van der Waals surface area contributed by atoms with E-state index in [-0.39, 0.29) is 12.5 Å². The van der Waals surface area contributed by atoms with E-state index >= 15 is 0 Å². The molecule has 0 aliphatic heterocycles. The minimum Gasteiger partial charge on any atom is -0.483 e. The Morgan fingerprint density at radius 2 is 1.60 bits per heavy atom. The minimum absolute atomic E-state index is 0.0562. The van der Waals surface area contributed by atoms with Crippen LogP contribution in [0.3, 0.4) is 0 Å². The fourth-order valence-electron chi connectivity index (χ4n) is 2.30. The Morgan fingerprint density at radius 1 is 0.880 bits per heavy atom. The number of halogens is 2. The summed E-state index contributed by atoms with van der Waals surface area (Å²) in [4.78, 5) is 12.0. The summed E-state index contributed by atoms with van der Waals surface area (Å²) >= 11 is 6.87. The molecule has 126 valence electrons. The molecule has 0 radical (unpaired) electrons. The van der Waals surface area contributed by atoms with Gasteiger partial charge < -0.3 is 10.1 Å². The summed E-state index contributed by atoms with van der Waals surface area (Å²) in [5.74, 6) is 0.423. The quantitative estimate of drug-likeness (QED) is 0.515.